The molecule has 3 aliphatic rings. The lowest BCUT2D eigenvalue weighted by atomic mass is 9.44. The minimum absolute atomic E-state index is 0.283. The van der Waals surface area contributed by atoms with Crippen LogP contribution in [0.5, 0.6) is 0 Å². The maximum Gasteiger partial charge on any atom is 0.309 e. The third-order valence-electron chi connectivity index (χ3n) is 9.06. The van der Waals surface area contributed by atoms with Crippen molar-refractivity contribution in [2.45, 2.75) is 98.1 Å². The molecular formula is C29H42O9. The molecule has 2 aliphatic carbocycles. The average molecular weight is 535 g/mol. The predicted octanol–water partition coefficient (Wildman–Crippen LogP) is 3.59. The lowest BCUT2D eigenvalue weighted by Crippen LogP contribution is -2.68. The maximum absolute atomic E-state index is 12.8. The van der Waals surface area contributed by atoms with Crippen LogP contribution in [-0.4, -0.2) is 59.0 Å². The molecule has 212 valence electrons. The Morgan fingerprint density at radius 2 is 1.84 bits per heavy atom. The number of aliphatic hydroxyl groups excluding tert-OH is 2. The van der Waals surface area contributed by atoms with Gasteiger partial charge in [0.2, 0.25) is 12.6 Å². The van der Waals surface area contributed by atoms with Gasteiger partial charge in [-0.05, 0) is 49.0 Å². The van der Waals surface area contributed by atoms with Gasteiger partial charge < -0.3 is 24.4 Å². The van der Waals surface area contributed by atoms with Crippen molar-refractivity contribution in [3.63, 3.8) is 0 Å². The second-order valence-corrected chi connectivity index (χ2v) is 11.2. The summed E-state index contributed by atoms with van der Waals surface area (Å²) in [4.78, 5) is 37.0. The minimum atomic E-state index is -1.44. The van der Waals surface area contributed by atoms with Crippen molar-refractivity contribution >= 4 is 17.9 Å². The molecule has 0 aromatic carbocycles. The molecule has 10 unspecified atom stereocenters. The summed E-state index contributed by atoms with van der Waals surface area (Å²) in [5.74, 6) is -2.89. The fraction of sp³-hybridized carbons (Fsp3) is 0.690. The quantitative estimate of drug-likeness (QED) is 0.197. The van der Waals surface area contributed by atoms with Gasteiger partial charge in [-0.1, -0.05) is 52.5 Å². The van der Waals surface area contributed by atoms with Gasteiger partial charge in [0.25, 0.3) is 0 Å². The van der Waals surface area contributed by atoms with Gasteiger partial charge in [-0.25, -0.2) is 0 Å². The van der Waals surface area contributed by atoms with Crippen molar-refractivity contribution < 1.29 is 43.5 Å². The van der Waals surface area contributed by atoms with E-state index < -0.39 is 65.5 Å². The van der Waals surface area contributed by atoms with Crippen LogP contribution in [0.3, 0.4) is 0 Å². The SMILES string of the molecule is C=CC(=C)CCC1(C)C(C)C(O)C(O)C23C(=CC(OC(=O)C(C)CC)CC12)C(OC(C)=O)OC3OC(C)=O. The zero-order valence-corrected chi connectivity index (χ0v) is 23.3. The van der Waals surface area contributed by atoms with Crippen molar-refractivity contribution in [2.24, 2.45) is 28.6 Å². The molecule has 0 aromatic heterocycles. The van der Waals surface area contributed by atoms with E-state index in [1.807, 2.05) is 20.8 Å². The lowest BCUT2D eigenvalue weighted by Gasteiger charge is -2.62. The summed E-state index contributed by atoms with van der Waals surface area (Å²) in [6.07, 6.45) is -0.661. The molecule has 0 radical (unpaired) electrons. The van der Waals surface area contributed by atoms with Crippen LogP contribution >= 0.6 is 0 Å². The largest absolute Gasteiger partial charge is 0.458 e. The Labute approximate surface area is 224 Å². The van der Waals surface area contributed by atoms with Crippen LogP contribution in [0.1, 0.15) is 67.2 Å². The zero-order valence-electron chi connectivity index (χ0n) is 23.3. The van der Waals surface area contributed by atoms with E-state index in [9.17, 15) is 24.6 Å². The van der Waals surface area contributed by atoms with Gasteiger partial charge >= 0.3 is 17.9 Å². The number of carbonyl (C=O) groups is 3. The smallest absolute Gasteiger partial charge is 0.309 e. The van der Waals surface area contributed by atoms with Crippen molar-refractivity contribution in [3.8, 4) is 0 Å². The van der Waals surface area contributed by atoms with Crippen LogP contribution in [0.25, 0.3) is 0 Å². The summed E-state index contributed by atoms with van der Waals surface area (Å²) in [6.45, 7) is 17.8. The second-order valence-electron chi connectivity index (χ2n) is 11.2. The van der Waals surface area contributed by atoms with Crippen LogP contribution < -0.4 is 0 Å². The Balaban J connectivity index is 2.24. The number of esters is 3. The first-order valence-electron chi connectivity index (χ1n) is 13.3. The first-order chi connectivity index (χ1) is 17.7. The Hall–Kier alpha value is -2.49. The van der Waals surface area contributed by atoms with Crippen molar-refractivity contribution in [1.82, 2.24) is 0 Å². The Morgan fingerprint density at radius 1 is 1.21 bits per heavy atom. The fourth-order valence-electron chi connectivity index (χ4n) is 6.48. The number of allylic oxidation sites excluding steroid dienone is 2. The van der Waals surface area contributed by atoms with Gasteiger partial charge in [0.05, 0.1) is 23.5 Å². The van der Waals surface area contributed by atoms with E-state index in [4.69, 9.17) is 18.9 Å². The lowest BCUT2D eigenvalue weighted by molar-refractivity contribution is -0.274. The molecule has 0 bridgehead atoms. The Kier molecular flexibility index (Phi) is 8.95. The Morgan fingerprint density at radius 3 is 2.39 bits per heavy atom. The molecule has 1 aliphatic heterocycles. The molecule has 9 heteroatoms. The summed E-state index contributed by atoms with van der Waals surface area (Å²) in [7, 11) is 0. The van der Waals surface area contributed by atoms with E-state index in [0.717, 1.165) is 5.57 Å². The molecule has 1 saturated heterocycles. The summed E-state index contributed by atoms with van der Waals surface area (Å²) >= 11 is 0. The highest BCUT2D eigenvalue weighted by Gasteiger charge is 2.73. The van der Waals surface area contributed by atoms with E-state index in [2.05, 4.69) is 13.2 Å². The van der Waals surface area contributed by atoms with Gasteiger partial charge in [0, 0.05) is 19.4 Å². The number of rotatable bonds is 9. The van der Waals surface area contributed by atoms with Crippen molar-refractivity contribution in [3.05, 3.63) is 36.5 Å². The van der Waals surface area contributed by atoms with Gasteiger partial charge in [0.1, 0.15) is 6.10 Å². The van der Waals surface area contributed by atoms with Gasteiger partial charge in [-0.3, -0.25) is 19.1 Å². The van der Waals surface area contributed by atoms with E-state index in [1.54, 1.807) is 19.1 Å². The third-order valence-corrected chi connectivity index (χ3v) is 9.06. The van der Waals surface area contributed by atoms with E-state index in [0.29, 0.717) is 24.8 Å². The fourth-order valence-corrected chi connectivity index (χ4v) is 6.48. The first kappa shape index (κ1) is 30.1. The summed E-state index contributed by atoms with van der Waals surface area (Å²) < 4.78 is 23.0. The number of aliphatic hydroxyl groups is 2. The molecular weight excluding hydrogens is 492 g/mol. The number of carbonyl (C=O) groups excluding carboxylic acids is 3. The average Bonchev–Trinajstić information content (AvgIpc) is 3.15. The topological polar surface area (TPSA) is 129 Å². The van der Waals surface area contributed by atoms with Crippen LogP contribution in [0.4, 0.5) is 0 Å². The van der Waals surface area contributed by atoms with E-state index in [1.165, 1.54) is 13.8 Å². The Bertz CT molecular complexity index is 1000. The molecule has 2 fully saturated rings. The van der Waals surface area contributed by atoms with Crippen LogP contribution in [0.2, 0.25) is 0 Å². The number of ether oxygens (including phenoxy) is 4. The molecule has 2 N–H and O–H groups in total. The van der Waals surface area contributed by atoms with Crippen molar-refractivity contribution in [2.75, 3.05) is 0 Å². The normalized spacial score (nSPS) is 38.6. The van der Waals surface area contributed by atoms with Crippen LogP contribution in [0, 0.1) is 28.6 Å². The highest BCUT2D eigenvalue weighted by atomic mass is 16.8. The first-order valence-corrected chi connectivity index (χ1v) is 13.3. The van der Waals surface area contributed by atoms with E-state index in [-0.39, 0.29) is 18.3 Å². The molecule has 0 aromatic rings. The summed E-state index contributed by atoms with van der Waals surface area (Å²) in [5.41, 5.74) is -0.972. The highest BCUT2D eigenvalue weighted by Crippen LogP contribution is 2.67. The van der Waals surface area contributed by atoms with E-state index >= 15 is 0 Å². The molecule has 3 rings (SSSR count). The molecule has 1 heterocycles. The number of hydrogen-bond acceptors (Lipinski definition) is 9. The van der Waals surface area contributed by atoms with Crippen molar-refractivity contribution in [1.29, 1.82) is 0 Å². The van der Waals surface area contributed by atoms with Gasteiger partial charge in [-0.2, -0.15) is 0 Å². The highest BCUT2D eigenvalue weighted by molar-refractivity contribution is 5.72. The third kappa shape index (κ3) is 5.08. The predicted molar refractivity (Wildman–Crippen MR) is 138 cm³/mol. The zero-order chi connectivity index (χ0) is 28.6. The summed E-state index contributed by atoms with van der Waals surface area (Å²) in [6, 6.07) is 0. The molecule has 1 spiro atoms. The van der Waals surface area contributed by atoms with Gasteiger partial charge in [0.15, 0.2) is 0 Å². The molecule has 1 saturated carbocycles. The maximum atomic E-state index is 12.8. The standard InChI is InChI=1S/C29H42O9/c1-9-15(3)11-12-28(8)17(5)23(32)24(33)29-21(26(35-18(6)30)38-27(29)36-19(7)31)13-20(14-22(28)29)37-25(34)16(4)10-2/h9,13,16-17,20,22-24,26-27,32-33H,1,3,10-12,14H2,2,4-8H3. The molecule has 9 nitrogen and oxygen atoms in total. The minimum Gasteiger partial charge on any atom is -0.458 e. The molecule has 10 atom stereocenters. The summed E-state index contributed by atoms with van der Waals surface area (Å²) in [5, 5.41) is 23.2. The number of hydrogen-bond donors (Lipinski definition) is 2. The van der Waals surface area contributed by atoms with Gasteiger partial charge in [-0.15, -0.1) is 0 Å². The second kappa shape index (κ2) is 11.3. The van der Waals surface area contributed by atoms with Crippen LogP contribution in [0.15, 0.2) is 36.5 Å². The monoisotopic (exact) mass is 534 g/mol. The molecule has 0 amide bonds. The molecule has 38 heavy (non-hydrogen) atoms. The van der Waals surface area contributed by atoms with Crippen LogP contribution in [-0.2, 0) is 33.3 Å².